The second-order valence-electron chi connectivity index (χ2n) is 5.35. The molecule has 0 aromatic heterocycles. The lowest BCUT2D eigenvalue weighted by Crippen LogP contribution is -2.29. The van der Waals surface area contributed by atoms with Gasteiger partial charge >= 0.3 is 0 Å². The summed E-state index contributed by atoms with van der Waals surface area (Å²) in [6.45, 7) is 4.14. The molecule has 0 aliphatic carbocycles. The van der Waals surface area contributed by atoms with Gasteiger partial charge in [0.15, 0.2) is 0 Å². The van der Waals surface area contributed by atoms with Crippen molar-refractivity contribution in [2.75, 3.05) is 6.54 Å². The summed E-state index contributed by atoms with van der Waals surface area (Å²) >= 11 is 5.87. The molecular formula is C20H20ClNO2S. The van der Waals surface area contributed by atoms with Crippen LogP contribution in [0.2, 0.25) is 5.02 Å². The van der Waals surface area contributed by atoms with E-state index in [-0.39, 0.29) is 13.1 Å². The number of hydrogen-bond donors (Lipinski definition) is 0. The third kappa shape index (κ3) is 6.35. The van der Waals surface area contributed by atoms with E-state index in [1.165, 1.54) is 15.8 Å². The average Bonchev–Trinajstić information content (AvgIpc) is 2.61. The van der Waals surface area contributed by atoms with E-state index in [1.54, 1.807) is 24.3 Å². The van der Waals surface area contributed by atoms with Crippen LogP contribution in [0.5, 0.6) is 0 Å². The van der Waals surface area contributed by atoms with Crippen LogP contribution in [0.3, 0.4) is 0 Å². The SMILES string of the molecule is C=CCN(Cc1ccc(Cl)cc1)S(=O)(=O)/C=C/C=C/c1ccccc1. The van der Waals surface area contributed by atoms with Gasteiger partial charge in [-0.25, -0.2) is 8.42 Å². The predicted octanol–water partition coefficient (Wildman–Crippen LogP) is 4.88. The number of benzene rings is 2. The first-order valence-corrected chi connectivity index (χ1v) is 9.65. The Hall–Kier alpha value is -2.14. The number of allylic oxidation sites excluding steroid dienone is 2. The van der Waals surface area contributed by atoms with E-state index in [1.807, 2.05) is 48.5 Å². The Bertz CT molecular complexity index is 841. The molecule has 0 N–H and O–H groups in total. The first-order chi connectivity index (χ1) is 12.0. The molecule has 0 unspecified atom stereocenters. The lowest BCUT2D eigenvalue weighted by molar-refractivity contribution is 0.446. The molecular weight excluding hydrogens is 354 g/mol. The number of rotatable bonds is 8. The van der Waals surface area contributed by atoms with Crippen molar-refractivity contribution in [1.29, 1.82) is 0 Å². The van der Waals surface area contributed by atoms with E-state index in [0.29, 0.717) is 5.02 Å². The minimum atomic E-state index is -3.55. The maximum absolute atomic E-state index is 12.5. The van der Waals surface area contributed by atoms with Crippen LogP contribution >= 0.6 is 11.6 Å². The summed E-state index contributed by atoms with van der Waals surface area (Å²) in [5.74, 6) is 0. The number of nitrogens with zero attached hydrogens (tertiary/aromatic N) is 1. The summed E-state index contributed by atoms with van der Waals surface area (Å²) < 4.78 is 26.4. The van der Waals surface area contributed by atoms with Crippen LogP contribution < -0.4 is 0 Å². The van der Waals surface area contributed by atoms with Crippen LogP contribution in [-0.2, 0) is 16.6 Å². The van der Waals surface area contributed by atoms with Gasteiger partial charge in [-0.2, -0.15) is 4.31 Å². The van der Waals surface area contributed by atoms with Crippen LogP contribution in [-0.4, -0.2) is 19.3 Å². The van der Waals surface area contributed by atoms with Gasteiger partial charge in [0.25, 0.3) is 0 Å². The van der Waals surface area contributed by atoms with E-state index in [9.17, 15) is 8.42 Å². The fraction of sp³-hybridized carbons (Fsp3) is 0.100. The fourth-order valence-electron chi connectivity index (χ4n) is 2.16. The van der Waals surface area contributed by atoms with Crippen LogP contribution in [0.1, 0.15) is 11.1 Å². The molecule has 0 heterocycles. The average molecular weight is 374 g/mol. The Morgan fingerprint density at radius 1 is 1.00 bits per heavy atom. The summed E-state index contributed by atoms with van der Waals surface area (Å²) in [6.07, 6.45) is 6.66. The summed E-state index contributed by atoms with van der Waals surface area (Å²) in [5, 5.41) is 1.82. The standard InChI is InChI=1S/C20H20ClNO2S/c1-2-15-22(17-19-11-13-20(21)14-12-19)25(23,24)16-7-6-10-18-8-4-3-5-9-18/h2-14,16H,1,15,17H2/b10-6+,16-7+. The molecule has 2 aromatic rings. The second-order valence-corrected chi connectivity index (χ2v) is 7.61. The highest BCUT2D eigenvalue weighted by Gasteiger charge is 2.17. The first kappa shape index (κ1) is 19.2. The Morgan fingerprint density at radius 3 is 2.32 bits per heavy atom. The molecule has 0 fully saturated rings. The monoisotopic (exact) mass is 373 g/mol. The third-order valence-electron chi connectivity index (χ3n) is 3.41. The van der Waals surface area contributed by atoms with Gasteiger partial charge in [0.05, 0.1) is 0 Å². The van der Waals surface area contributed by atoms with Gasteiger partial charge in [0.1, 0.15) is 0 Å². The third-order valence-corrected chi connectivity index (χ3v) is 5.17. The van der Waals surface area contributed by atoms with Crippen molar-refractivity contribution in [3.8, 4) is 0 Å². The summed E-state index contributed by atoms with van der Waals surface area (Å²) in [6, 6.07) is 16.8. The molecule has 3 nitrogen and oxygen atoms in total. The van der Waals surface area contributed by atoms with E-state index in [4.69, 9.17) is 11.6 Å². The maximum Gasteiger partial charge on any atom is 0.236 e. The number of hydrogen-bond acceptors (Lipinski definition) is 2. The van der Waals surface area contributed by atoms with Gasteiger partial charge < -0.3 is 0 Å². The molecule has 5 heteroatoms. The molecule has 0 aliphatic rings. The zero-order valence-electron chi connectivity index (χ0n) is 13.8. The second kappa shape index (κ2) is 9.37. The Kier molecular flexibility index (Phi) is 7.19. The topological polar surface area (TPSA) is 37.4 Å². The molecule has 0 saturated carbocycles. The van der Waals surface area contributed by atoms with Gasteiger partial charge in [-0.15, -0.1) is 6.58 Å². The highest BCUT2D eigenvalue weighted by molar-refractivity contribution is 7.92. The lowest BCUT2D eigenvalue weighted by atomic mass is 10.2. The van der Waals surface area contributed by atoms with Crippen LogP contribution in [0.4, 0.5) is 0 Å². The van der Waals surface area contributed by atoms with Crippen molar-refractivity contribution in [3.63, 3.8) is 0 Å². The minimum Gasteiger partial charge on any atom is -0.207 e. The Balaban J connectivity index is 2.09. The fourth-order valence-corrected chi connectivity index (χ4v) is 3.39. The normalized spacial score (nSPS) is 12.2. The molecule has 0 aliphatic heterocycles. The van der Waals surface area contributed by atoms with E-state index >= 15 is 0 Å². The minimum absolute atomic E-state index is 0.234. The Labute approximate surface area is 154 Å². The van der Waals surface area contributed by atoms with Gasteiger partial charge in [-0.05, 0) is 29.3 Å². The zero-order chi connectivity index (χ0) is 18.1. The van der Waals surface area contributed by atoms with Gasteiger partial charge in [0, 0.05) is 23.5 Å². The first-order valence-electron chi connectivity index (χ1n) is 7.76. The van der Waals surface area contributed by atoms with Crippen molar-refractivity contribution < 1.29 is 8.42 Å². The van der Waals surface area contributed by atoms with E-state index in [2.05, 4.69) is 6.58 Å². The summed E-state index contributed by atoms with van der Waals surface area (Å²) in [7, 11) is -3.55. The quantitative estimate of drug-likeness (QED) is 0.488. The van der Waals surface area contributed by atoms with Crippen LogP contribution in [0, 0.1) is 0 Å². The smallest absolute Gasteiger partial charge is 0.207 e. The lowest BCUT2D eigenvalue weighted by Gasteiger charge is -2.18. The van der Waals surface area contributed by atoms with Crippen molar-refractivity contribution in [2.24, 2.45) is 0 Å². The molecule has 0 spiro atoms. The van der Waals surface area contributed by atoms with Crippen molar-refractivity contribution in [2.45, 2.75) is 6.54 Å². The largest absolute Gasteiger partial charge is 0.236 e. The van der Waals surface area contributed by atoms with Gasteiger partial charge in [-0.3, -0.25) is 0 Å². The van der Waals surface area contributed by atoms with Crippen molar-refractivity contribution in [3.05, 3.63) is 101 Å². The summed E-state index contributed by atoms with van der Waals surface area (Å²) in [5.41, 5.74) is 1.87. The number of halogens is 1. The van der Waals surface area contributed by atoms with Crippen LogP contribution in [0.15, 0.2) is 84.8 Å². The van der Waals surface area contributed by atoms with E-state index < -0.39 is 10.0 Å². The zero-order valence-corrected chi connectivity index (χ0v) is 15.3. The molecule has 0 atom stereocenters. The highest BCUT2D eigenvalue weighted by atomic mass is 35.5. The van der Waals surface area contributed by atoms with E-state index in [0.717, 1.165) is 11.1 Å². The van der Waals surface area contributed by atoms with Gasteiger partial charge in [0.2, 0.25) is 10.0 Å². The molecule has 130 valence electrons. The molecule has 0 saturated heterocycles. The molecule has 2 aromatic carbocycles. The maximum atomic E-state index is 12.5. The van der Waals surface area contributed by atoms with Gasteiger partial charge in [-0.1, -0.05) is 72.3 Å². The van der Waals surface area contributed by atoms with Crippen molar-refractivity contribution >= 4 is 27.7 Å². The molecule has 0 amide bonds. The van der Waals surface area contributed by atoms with Crippen molar-refractivity contribution in [1.82, 2.24) is 4.31 Å². The Morgan fingerprint density at radius 2 is 1.68 bits per heavy atom. The number of sulfonamides is 1. The molecule has 25 heavy (non-hydrogen) atoms. The highest BCUT2D eigenvalue weighted by Crippen LogP contribution is 2.14. The summed E-state index contributed by atoms with van der Waals surface area (Å²) in [4.78, 5) is 0. The molecule has 2 rings (SSSR count). The molecule has 0 radical (unpaired) electrons. The predicted molar refractivity (Wildman–Crippen MR) is 106 cm³/mol. The molecule has 0 bridgehead atoms. The van der Waals surface area contributed by atoms with Crippen LogP contribution in [0.25, 0.3) is 6.08 Å².